The van der Waals surface area contributed by atoms with Gasteiger partial charge in [0.05, 0.1) is 18.5 Å². The molecule has 0 saturated heterocycles. The van der Waals surface area contributed by atoms with E-state index >= 15 is 0 Å². The standard InChI is InChI=1S/C25H38N2O2/c1-3-4-5-12-19-24-21-22(26-27(24)23-17-13-10-14-18-23)16-11-8-6-7-9-15-20-25(28)29-2/h10,13-14,17-18,21H,3-9,11-12,15-16,19-20H2,1-2H3. The average Bonchev–Trinajstić information content (AvgIpc) is 3.16. The Morgan fingerprint density at radius 3 is 2.28 bits per heavy atom. The van der Waals surface area contributed by atoms with E-state index in [0.29, 0.717) is 6.42 Å². The van der Waals surface area contributed by atoms with Crippen molar-refractivity contribution in [2.45, 2.75) is 90.4 Å². The van der Waals surface area contributed by atoms with Gasteiger partial charge >= 0.3 is 5.97 Å². The van der Waals surface area contributed by atoms with Crippen molar-refractivity contribution in [3.8, 4) is 5.69 Å². The maximum absolute atomic E-state index is 11.1. The van der Waals surface area contributed by atoms with Gasteiger partial charge in [0.2, 0.25) is 0 Å². The van der Waals surface area contributed by atoms with E-state index in [2.05, 4.69) is 52.7 Å². The van der Waals surface area contributed by atoms with Gasteiger partial charge < -0.3 is 4.74 Å². The summed E-state index contributed by atoms with van der Waals surface area (Å²) in [5.74, 6) is -0.0931. The molecule has 0 atom stereocenters. The smallest absolute Gasteiger partial charge is 0.305 e. The summed E-state index contributed by atoms with van der Waals surface area (Å²) in [7, 11) is 1.46. The third-order valence-electron chi connectivity index (χ3n) is 5.41. The van der Waals surface area contributed by atoms with Crippen molar-refractivity contribution in [3.05, 3.63) is 47.8 Å². The molecule has 0 aliphatic carbocycles. The minimum atomic E-state index is -0.0931. The van der Waals surface area contributed by atoms with Crippen molar-refractivity contribution in [1.82, 2.24) is 9.78 Å². The molecule has 1 aromatic heterocycles. The highest BCUT2D eigenvalue weighted by Gasteiger charge is 2.09. The Morgan fingerprint density at radius 2 is 1.55 bits per heavy atom. The minimum Gasteiger partial charge on any atom is -0.469 e. The van der Waals surface area contributed by atoms with Gasteiger partial charge in [-0.05, 0) is 50.3 Å². The summed E-state index contributed by atoms with van der Waals surface area (Å²) in [6.45, 7) is 2.26. The number of unbranched alkanes of at least 4 members (excludes halogenated alkanes) is 8. The zero-order valence-corrected chi connectivity index (χ0v) is 18.4. The summed E-state index contributed by atoms with van der Waals surface area (Å²) in [5, 5.41) is 4.92. The zero-order valence-electron chi connectivity index (χ0n) is 18.4. The van der Waals surface area contributed by atoms with E-state index in [1.165, 1.54) is 69.9 Å². The Labute approximate surface area is 176 Å². The number of para-hydroxylation sites is 1. The zero-order chi connectivity index (χ0) is 20.7. The number of aromatic nitrogens is 2. The molecular formula is C25H38N2O2. The van der Waals surface area contributed by atoms with Gasteiger partial charge in [-0.2, -0.15) is 5.10 Å². The van der Waals surface area contributed by atoms with Crippen molar-refractivity contribution >= 4 is 5.97 Å². The molecule has 0 fully saturated rings. The number of ether oxygens (including phenoxy) is 1. The molecule has 4 heteroatoms. The van der Waals surface area contributed by atoms with E-state index in [0.717, 1.165) is 31.4 Å². The van der Waals surface area contributed by atoms with Gasteiger partial charge in [0.1, 0.15) is 0 Å². The van der Waals surface area contributed by atoms with Crippen LogP contribution in [0.5, 0.6) is 0 Å². The summed E-state index contributed by atoms with van der Waals surface area (Å²) in [5.41, 5.74) is 3.71. The third kappa shape index (κ3) is 8.84. The van der Waals surface area contributed by atoms with Crippen molar-refractivity contribution in [2.75, 3.05) is 7.11 Å². The number of nitrogens with zero attached hydrogens (tertiary/aromatic N) is 2. The van der Waals surface area contributed by atoms with Gasteiger partial charge in [-0.25, -0.2) is 4.68 Å². The largest absolute Gasteiger partial charge is 0.469 e. The molecule has 0 aliphatic rings. The predicted molar refractivity (Wildman–Crippen MR) is 119 cm³/mol. The maximum Gasteiger partial charge on any atom is 0.305 e. The number of esters is 1. The molecule has 0 unspecified atom stereocenters. The summed E-state index contributed by atoms with van der Waals surface area (Å²) < 4.78 is 6.82. The second-order valence-corrected chi connectivity index (χ2v) is 7.88. The number of benzene rings is 1. The maximum atomic E-state index is 11.1. The lowest BCUT2D eigenvalue weighted by Crippen LogP contribution is -2.02. The summed E-state index contributed by atoms with van der Waals surface area (Å²) >= 11 is 0. The molecule has 0 radical (unpaired) electrons. The first-order chi connectivity index (χ1) is 14.2. The van der Waals surface area contributed by atoms with Crippen LogP contribution in [0.4, 0.5) is 0 Å². The number of carbonyl (C=O) groups is 1. The van der Waals surface area contributed by atoms with Crippen LogP contribution in [-0.2, 0) is 22.4 Å². The van der Waals surface area contributed by atoms with Crippen LogP contribution >= 0.6 is 0 Å². The SMILES string of the molecule is CCCCCCc1cc(CCCCCCCCC(=O)OC)nn1-c1ccccc1. The van der Waals surface area contributed by atoms with Gasteiger partial charge in [-0.15, -0.1) is 0 Å². The molecule has 4 nitrogen and oxygen atoms in total. The molecule has 1 aromatic carbocycles. The Kier molecular flexibility index (Phi) is 11.2. The number of carbonyl (C=O) groups excluding carboxylic acids is 1. The van der Waals surface area contributed by atoms with Crippen LogP contribution in [0.2, 0.25) is 0 Å². The Morgan fingerprint density at radius 1 is 0.897 bits per heavy atom. The Balaban J connectivity index is 1.78. The Hall–Kier alpha value is -2.10. The summed E-state index contributed by atoms with van der Waals surface area (Å²) in [6.07, 6.45) is 14.7. The Bertz CT molecular complexity index is 694. The van der Waals surface area contributed by atoms with E-state index in [-0.39, 0.29) is 5.97 Å². The number of hydrogen-bond donors (Lipinski definition) is 0. The van der Waals surface area contributed by atoms with Gasteiger partial charge in [0, 0.05) is 12.1 Å². The fourth-order valence-electron chi connectivity index (χ4n) is 3.69. The van der Waals surface area contributed by atoms with E-state index < -0.39 is 0 Å². The van der Waals surface area contributed by atoms with Crippen LogP contribution in [0, 0.1) is 0 Å². The van der Waals surface area contributed by atoms with Crippen LogP contribution < -0.4 is 0 Å². The fourth-order valence-corrected chi connectivity index (χ4v) is 3.69. The lowest BCUT2D eigenvalue weighted by molar-refractivity contribution is -0.140. The first-order valence-corrected chi connectivity index (χ1v) is 11.4. The van der Waals surface area contributed by atoms with Crippen LogP contribution in [0.3, 0.4) is 0 Å². The van der Waals surface area contributed by atoms with Gasteiger partial charge in [-0.3, -0.25) is 4.79 Å². The van der Waals surface area contributed by atoms with Crippen molar-refractivity contribution in [3.63, 3.8) is 0 Å². The van der Waals surface area contributed by atoms with Crippen LogP contribution in [-0.4, -0.2) is 22.9 Å². The second kappa shape index (κ2) is 14.0. The fraction of sp³-hybridized carbons (Fsp3) is 0.600. The number of rotatable bonds is 15. The molecule has 160 valence electrons. The molecule has 0 aliphatic heterocycles. The molecule has 0 spiro atoms. The molecule has 2 rings (SSSR count). The third-order valence-corrected chi connectivity index (χ3v) is 5.41. The monoisotopic (exact) mass is 398 g/mol. The molecular weight excluding hydrogens is 360 g/mol. The molecule has 0 N–H and O–H groups in total. The first-order valence-electron chi connectivity index (χ1n) is 11.4. The van der Waals surface area contributed by atoms with Crippen molar-refractivity contribution in [2.24, 2.45) is 0 Å². The van der Waals surface area contributed by atoms with Gasteiger partial charge in [-0.1, -0.05) is 70.1 Å². The lowest BCUT2D eigenvalue weighted by Gasteiger charge is -2.07. The highest BCUT2D eigenvalue weighted by Crippen LogP contribution is 2.18. The first kappa shape index (κ1) is 23.2. The highest BCUT2D eigenvalue weighted by molar-refractivity contribution is 5.68. The second-order valence-electron chi connectivity index (χ2n) is 7.88. The molecule has 2 aromatic rings. The molecule has 0 saturated carbocycles. The normalized spacial score (nSPS) is 11.0. The van der Waals surface area contributed by atoms with E-state index in [1.807, 2.05) is 0 Å². The van der Waals surface area contributed by atoms with E-state index in [9.17, 15) is 4.79 Å². The van der Waals surface area contributed by atoms with Crippen LogP contribution in [0.1, 0.15) is 88.9 Å². The molecule has 29 heavy (non-hydrogen) atoms. The van der Waals surface area contributed by atoms with E-state index in [4.69, 9.17) is 5.10 Å². The van der Waals surface area contributed by atoms with Crippen LogP contribution in [0.25, 0.3) is 5.69 Å². The van der Waals surface area contributed by atoms with Crippen molar-refractivity contribution in [1.29, 1.82) is 0 Å². The quantitative estimate of drug-likeness (QED) is 0.256. The van der Waals surface area contributed by atoms with Crippen LogP contribution in [0.15, 0.2) is 36.4 Å². The molecule has 0 amide bonds. The minimum absolute atomic E-state index is 0.0931. The highest BCUT2D eigenvalue weighted by atomic mass is 16.5. The van der Waals surface area contributed by atoms with E-state index in [1.54, 1.807) is 0 Å². The average molecular weight is 399 g/mol. The molecule has 1 heterocycles. The summed E-state index contributed by atoms with van der Waals surface area (Å²) in [4.78, 5) is 11.1. The van der Waals surface area contributed by atoms with Crippen molar-refractivity contribution < 1.29 is 9.53 Å². The van der Waals surface area contributed by atoms with Gasteiger partial charge in [0.15, 0.2) is 0 Å². The number of aryl methyl sites for hydroxylation is 2. The molecule has 0 bridgehead atoms. The number of methoxy groups -OCH3 is 1. The lowest BCUT2D eigenvalue weighted by atomic mass is 10.1. The predicted octanol–water partition coefficient (Wildman–Crippen LogP) is 6.44. The topological polar surface area (TPSA) is 44.1 Å². The number of hydrogen-bond acceptors (Lipinski definition) is 3. The summed E-state index contributed by atoms with van der Waals surface area (Å²) in [6, 6.07) is 12.8. The van der Waals surface area contributed by atoms with Gasteiger partial charge in [0.25, 0.3) is 0 Å².